The van der Waals surface area contributed by atoms with E-state index in [1.807, 2.05) is 0 Å². The molecule has 0 saturated carbocycles. The number of phenols is 2. The Balaban J connectivity index is -0.00000406. The summed E-state index contributed by atoms with van der Waals surface area (Å²) in [6.45, 7) is 0. The van der Waals surface area contributed by atoms with Crippen molar-refractivity contribution in [2.45, 2.75) is 9.79 Å². The molecule has 0 heterocycles. The van der Waals surface area contributed by atoms with Gasteiger partial charge in [-0.1, -0.05) is 12.1 Å². The van der Waals surface area contributed by atoms with Crippen LogP contribution < -0.4 is 139 Å². The summed E-state index contributed by atoms with van der Waals surface area (Å²) in [5.74, 6) is -1.80. The predicted octanol–water partition coefficient (Wildman–Crippen LogP) is -5.49. The number of aromatic hydroxyl groups is 2. The zero-order chi connectivity index (χ0) is 37.4. The fraction of sp³-hybridized carbons (Fsp3) is 0. The molecule has 21 heteroatoms. The first-order valence-corrected chi connectivity index (χ1v) is 17.8. The number of fused-ring (bicyclic) bond motifs is 2. The number of amides is 4. The Hall–Kier alpha value is -2.53. The molecule has 15 nitrogen and oxygen atoms in total. The largest absolute Gasteiger partial charge is 1.00 e. The van der Waals surface area contributed by atoms with Gasteiger partial charge >= 0.3 is 124 Å². The number of urea groups is 1. The fourth-order valence-electron chi connectivity index (χ4n) is 5.19. The molecule has 4 amide bonds. The Morgan fingerprint density at radius 3 is 1.09 bits per heavy atom. The van der Waals surface area contributed by atoms with Gasteiger partial charge in [-0.3, -0.25) is 18.7 Å². The molecule has 56 heavy (non-hydrogen) atoms. The van der Waals surface area contributed by atoms with E-state index in [1.54, 1.807) is 0 Å². The van der Waals surface area contributed by atoms with E-state index in [1.165, 1.54) is 97.1 Å². The van der Waals surface area contributed by atoms with Crippen molar-refractivity contribution in [3.8, 4) is 11.5 Å². The summed E-state index contributed by atoms with van der Waals surface area (Å²) in [6, 6.07) is 24.3. The van der Waals surface area contributed by atoms with Gasteiger partial charge in [0.25, 0.3) is 32.1 Å². The van der Waals surface area contributed by atoms with Crippen LogP contribution in [0.5, 0.6) is 11.5 Å². The van der Waals surface area contributed by atoms with Crippen molar-refractivity contribution in [3.05, 3.63) is 120 Å². The normalized spacial score (nSPS) is 10.8. The SMILES string of the molecule is O=C(Nc1ccc(C(=O)Nc2ccc3cc(S(=O)(=O)O)cc(O)c3c2)cc1)Nc1ccc(C(=O)Nc2ccc3cc(S(=O)(=O)O)cc(O)c3c2)cc1.[H-].[H-].[H-].[H-].[Na+].[Na+].[Na+].[Na+]. The average molecular weight is 839 g/mol. The van der Waals surface area contributed by atoms with Crippen LogP contribution in [0, 0.1) is 0 Å². The second kappa shape index (κ2) is 20.4. The van der Waals surface area contributed by atoms with E-state index in [4.69, 9.17) is 0 Å². The van der Waals surface area contributed by atoms with Crippen molar-refractivity contribution in [1.29, 1.82) is 0 Å². The van der Waals surface area contributed by atoms with E-state index < -0.39 is 59.4 Å². The van der Waals surface area contributed by atoms with Crippen LogP contribution >= 0.6 is 0 Å². The van der Waals surface area contributed by atoms with Crippen molar-refractivity contribution >= 4 is 82.4 Å². The van der Waals surface area contributed by atoms with Gasteiger partial charge in [0.2, 0.25) is 0 Å². The maximum atomic E-state index is 12.8. The molecule has 0 aliphatic heterocycles. The Labute approximate surface area is 414 Å². The Morgan fingerprint density at radius 2 is 0.768 bits per heavy atom. The molecule has 8 N–H and O–H groups in total. The topological polar surface area (TPSA) is 249 Å². The van der Waals surface area contributed by atoms with E-state index >= 15 is 0 Å². The number of rotatable bonds is 8. The Kier molecular flexibility index (Phi) is 18.1. The zero-order valence-corrected chi connectivity index (χ0v) is 40.0. The van der Waals surface area contributed by atoms with Gasteiger partial charge in [0.05, 0.1) is 9.79 Å². The molecule has 0 aromatic heterocycles. The summed E-state index contributed by atoms with van der Waals surface area (Å²) < 4.78 is 64.2. The van der Waals surface area contributed by atoms with Crippen LogP contribution in [0.25, 0.3) is 21.5 Å². The first kappa shape index (κ1) is 49.6. The van der Waals surface area contributed by atoms with Gasteiger partial charge in [0.1, 0.15) is 11.5 Å². The number of hydrogen-bond donors (Lipinski definition) is 8. The minimum Gasteiger partial charge on any atom is -1.00 e. The average Bonchev–Trinajstić information content (AvgIpc) is 3.08. The van der Waals surface area contributed by atoms with Crippen molar-refractivity contribution < 1.29 is 174 Å². The summed E-state index contributed by atoms with van der Waals surface area (Å²) in [4.78, 5) is 37.3. The number of hydrogen-bond acceptors (Lipinski definition) is 9. The smallest absolute Gasteiger partial charge is 1.00 e. The third kappa shape index (κ3) is 12.2. The number of carbonyl (C=O) groups is 3. The molecule has 0 aliphatic rings. The minimum absolute atomic E-state index is 0. The molecule has 0 saturated heterocycles. The van der Waals surface area contributed by atoms with Crippen LogP contribution in [0.4, 0.5) is 27.5 Å². The third-order valence-electron chi connectivity index (χ3n) is 7.73. The molecule has 0 spiro atoms. The molecule has 0 atom stereocenters. The van der Waals surface area contributed by atoms with E-state index in [0.717, 1.165) is 12.1 Å². The summed E-state index contributed by atoms with van der Waals surface area (Å²) >= 11 is 0. The summed E-state index contributed by atoms with van der Waals surface area (Å²) in [5.41, 5.74) is 1.85. The van der Waals surface area contributed by atoms with Crippen molar-refractivity contribution in [2.75, 3.05) is 21.3 Å². The van der Waals surface area contributed by atoms with Gasteiger partial charge in [-0.05, 0) is 95.7 Å². The number of benzene rings is 6. The number of nitrogens with one attached hydrogen (secondary N) is 4. The molecule has 6 rings (SSSR count). The fourth-order valence-corrected chi connectivity index (χ4v) is 6.26. The van der Waals surface area contributed by atoms with Gasteiger partial charge in [-0.25, -0.2) is 4.79 Å². The van der Waals surface area contributed by atoms with Crippen molar-refractivity contribution in [1.82, 2.24) is 0 Å². The van der Waals surface area contributed by atoms with Gasteiger partial charge in [-0.15, -0.1) is 0 Å². The van der Waals surface area contributed by atoms with E-state index in [-0.39, 0.29) is 146 Å². The molecule has 0 fully saturated rings. The maximum absolute atomic E-state index is 12.8. The van der Waals surface area contributed by atoms with Crippen LogP contribution in [-0.4, -0.2) is 54.0 Å². The Morgan fingerprint density at radius 1 is 0.446 bits per heavy atom. The van der Waals surface area contributed by atoms with Gasteiger partial charge in [-0.2, -0.15) is 16.8 Å². The minimum atomic E-state index is -4.53. The predicted molar refractivity (Wildman–Crippen MR) is 197 cm³/mol. The van der Waals surface area contributed by atoms with Crippen LogP contribution in [0.1, 0.15) is 26.4 Å². The number of carbonyl (C=O) groups excluding carboxylic acids is 3. The molecule has 0 unspecified atom stereocenters. The molecule has 0 radical (unpaired) electrons. The van der Waals surface area contributed by atoms with Crippen LogP contribution in [0.3, 0.4) is 0 Å². The van der Waals surface area contributed by atoms with Crippen LogP contribution in [-0.2, 0) is 20.2 Å². The molecule has 6 aromatic carbocycles. The molecule has 272 valence electrons. The summed E-state index contributed by atoms with van der Waals surface area (Å²) in [5, 5.41) is 32.3. The number of anilines is 4. The maximum Gasteiger partial charge on any atom is 1.00 e. The number of phenolic OH excluding ortho intramolecular Hbond substituents is 2. The summed E-state index contributed by atoms with van der Waals surface area (Å²) in [7, 11) is -9.05. The van der Waals surface area contributed by atoms with Crippen molar-refractivity contribution in [2.24, 2.45) is 0 Å². The van der Waals surface area contributed by atoms with Crippen LogP contribution in [0.15, 0.2) is 119 Å². The third-order valence-corrected chi connectivity index (χ3v) is 9.40. The molecular weight excluding hydrogens is 808 g/mol. The van der Waals surface area contributed by atoms with Gasteiger partial charge in [0, 0.05) is 56.8 Å². The second-order valence-corrected chi connectivity index (χ2v) is 14.2. The molecule has 0 bridgehead atoms. The summed E-state index contributed by atoms with van der Waals surface area (Å²) in [6.07, 6.45) is 0. The van der Waals surface area contributed by atoms with E-state index in [2.05, 4.69) is 21.3 Å². The van der Waals surface area contributed by atoms with E-state index in [9.17, 15) is 50.5 Å². The molecular formula is C35H30N4Na4O11S2. The second-order valence-electron chi connectivity index (χ2n) is 11.3. The quantitative estimate of drug-likeness (QED) is 0.0531. The Bertz CT molecular complexity index is 2510. The standard InChI is InChI=1S/C35H26N4O11S2.4Na.4H/c40-31-17-27(51(45,46)47)13-21-5-11-25(15-29(21)31)36-33(42)19-1-7-23(8-2-19)38-35(44)39-24-9-3-20(4-10-24)34(43)37-26-12-6-22-14-28(52(48,49)50)18-32(41)30(22)16-26;;;;;;;;/h1-18,40-41H,(H,36,42)(H,37,43)(H2,38,39,44)(H,45,46,47)(H,48,49,50);;;;;;;;/q;4*+1;4*-1. The first-order chi connectivity index (χ1) is 24.5. The monoisotopic (exact) mass is 838 g/mol. The first-order valence-electron chi connectivity index (χ1n) is 14.9. The molecule has 0 aliphatic carbocycles. The zero-order valence-electron chi connectivity index (χ0n) is 34.4. The van der Waals surface area contributed by atoms with E-state index in [0.29, 0.717) is 33.5 Å². The van der Waals surface area contributed by atoms with Gasteiger partial charge in [0.15, 0.2) is 0 Å². The molecule has 6 aromatic rings. The van der Waals surface area contributed by atoms with Crippen LogP contribution in [0.2, 0.25) is 0 Å². The van der Waals surface area contributed by atoms with Crippen molar-refractivity contribution in [3.63, 3.8) is 0 Å². The van der Waals surface area contributed by atoms with Gasteiger partial charge < -0.3 is 37.2 Å².